The van der Waals surface area contributed by atoms with Crippen molar-refractivity contribution in [3.63, 3.8) is 0 Å². The Balaban J connectivity index is 1.78. The second-order valence-electron chi connectivity index (χ2n) is 5.29. The van der Waals surface area contributed by atoms with Crippen LogP contribution in [0.25, 0.3) is 0 Å². The molecule has 3 unspecified atom stereocenters. The molecule has 2 fully saturated rings. The SMILES string of the molecule is [O-][S+]1CCC2N=C(Cl)N(/C=N\C3(CO)CC3)CC21I. The minimum Gasteiger partial charge on any atom is -0.615 e. The van der Waals surface area contributed by atoms with Crippen LogP contribution in [0, 0.1) is 0 Å². The number of alkyl halides is 1. The van der Waals surface area contributed by atoms with E-state index in [2.05, 4.69) is 32.6 Å². The van der Waals surface area contributed by atoms with Crippen LogP contribution in [0.5, 0.6) is 0 Å². The summed E-state index contributed by atoms with van der Waals surface area (Å²) in [6.45, 7) is 0.633. The predicted molar refractivity (Wildman–Crippen MR) is 85.7 cm³/mol. The Kier molecular flexibility index (Phi) is 3.79. The number of amidine groups is 1. The summed E-state index contributed by atoms with van der Waals surface area (Å²) >= 11 is 7.55. The molecule has 0 bridgehead atoms. The lowest BCUT2D eigenvalue weighted by Gasteiger charge is -2.35. The minimum absolute atomic E-state index is 0.0406. The average molecular weight is 416 g/mol. The third kappa shape index (κ3) is 2.52. The zero-order chi connectivity index (χ0) is 13.7. The number of hydrogen-bond donors (Lipinski definition) is 1. The summed E-state index contributed by atoms with van der Waals surface area (Å²) in [6.07, 6.45) is 4.30. The Labute approximate surface area is 133 Å². The number of rotatable bonds is 3. The largest absolute Gasteiger partial charge is 0.615 e. The average Bonchev–Trinajstić information content (AvgIpc) is 3.12. The van der Waals surface area contributed by atoms with Gasteiger partial charge in [-0.2, -0.15) is 0 Å². The van der Waals surface area contributed by atoms with E-state index in [9.17, 15) is 9.66 Å². The Morgan fingerprint density at radius 1 is 1.68 bits per heavy atom. The van der Waals surface area contributed by atoms with Crippen LogP contribution in [0.2, 0.25) is 0 Å². The van der Waals surface area contributed by atoms with Crippen molar-refractivity contribution in [2.45, 2.75) is 33.6 Å². The van der Waals surface area contributed by atoms with Gasteiger partial charge in [0, 0.05) is 6.42 Å². The summed E-state index contributed by atoms with van der Waals surface area (Å²) < 4.78 is 11.8. The van der Waals surface area contributed by atoms with Gasteiger partial charge < -0.3 is 14.6 Å². The molecule has 1 saturated heterocycles. The molecule has 3 rings (SSSR count). The number of fused-ring (bicyclic) bond motifs is 1. The van der Waals surface area contributed by atoms with Crippen molar-refractivity contribution in [1.29, 1.82) is 0 Å². The fourth-order valence-electron chi connectivity index (χ4n) is 2.35. The van der Waals surface area contributed by atoms with Crippen LogP contribution >= 0.6 is 34.2 Å². The lowest BCUT2D eigenvalue weighted by molar-refractivity contribution is 0.257. The summed E-state index contributed by atoms with van der Waals surface area (Å²) in [5.41, 5.74) is -0.304. The molecule has 1 saturated carbocycles. The molecule has 0 spiro atoms. The second kappa shape index (κ2) is 5.01. The van der Waals surface area contributed by atoms with Crippen LogP contribution in [0.15, 0.2) is 9.98 Å². The van der Waals surface area contributed by atoms with Crippen molar-refractivity contribution >= 4 is 57.0 Å². The lowest BCUT2D eigenvalue weighted by Crippen LogP contribution is -2.52. The molecule has 19 heavy (non-hydrogen) atoms. The fraction of sp³-hybridized carbons (Fsp3) is 0.818. The molecule has 1 N–H and O–H groups in total. The second-order valence-corrected chi connectivity index (χ2v) is 10.1. The lowest BCUT2D eigenvalue weighted by atomic mass is 10.1. The van der Waals surface area contributed by atoms with Crippen LogP contribution in [0.1, 0.15) is 19.3 Å². The standard InChI is InChI=1S/C11H15ClIN3O2S/c12-9-15-8-1-4-19(18)11(8,13)5-16(9)7-14-10(6-17)2-3-10/h7-8,17H,1-6H2/b14-7-. The summed E-state index contributed by atoms with van der Waals surface area (Å²) in [5, 5.41) is 9.66. The first-order valence-electron chi connectivity index (χ1n) is 6.23. The van der Waals surface area contributed by atoms with Gasteiger partial charge in [0.25, 0.3) is 0 Å². The Morgan fingerprint density at radius 3 is 3.05 bits per heavy atom. The van der Waals surface area contributed by atoms with Gasteiger partial charge in [-0.1, -0.05) is 0 Å². The van der Waals surface area contributed by atoms with E-state index in [1.807, 2.05) is 0 Å². The molecular weight excluding hydrogens is 401 g/mol. The quantitative estimate of drug-likeness (QED) is 0.187. The van der Waals surface area contributed by atoms with E-state index in [-0.39, 0.29) is 20.9 Å². The molecule has 8 heteroatoms. The number of nitrogens with zero attached hydrogens (tertiary/aromatic N) is 3. The van der Waals surface area contributed by atoms with Crippen LogP contribution in [0.4, 0.5) is 0 Å². The topological polar surface area (TPSA) is 71.2 Å². The molecule has 0 aromatic rings. The molecule has 2 aliphatic heterocycles. The number of aliphatic hydroxyl groups is 1. The van der Waals surface area contributed by atoms with Crippen molar-refractivity contribution < 1.29 is 9.66 Å². The molecule has 0 amide bonds. The van der Waals surface area contributed by atoms with E-state index in [4.69, 9.17) is 11.6 Å². The number of aliphatic imine (C=N–C) groups is 2. The zero-order valence-corrected chi connectivity index (χ0v) is 14.0. The van der Waals surface area contributed by atoms with Crippen molar-refractivity contribution in [2.75, 3.05) is 18.9 Å². The number of halogens is 2. The smallest absolute Gasteiger partial charge is 0.214 e. The molecule has 0 aromatic carbocycles. The molecule has 0 radical (unpaired) electrons. The van der Waals surface area contributed by atoms with E-state index in [1.54, 1.807) is 11.2 Å². The van der Waals surface area contributed by atoms with Crippen molar-refractivity contribution in [1.82, 2.24) is 4.90 Å². The maximum atomic E-state index is 12.1. The highest BCUT2D eigenvalue weighted by molar-refractivity contribution is 14.1. The van der Waals surface area contributed by atoms with Gasteiger partial charge in [-0.15, -0.1) is 0 Å². The first-order chi connectivity index (χ1) is 8.99. The molecule has 5 nitrogen and oxygen atoms in total. The highest BCUT2D eigenvalue weighted by atomic mass is 127. The highest BCUT2D eigenvalue weighted by Crippen LogP contribution is 2.44. The van der Waals surface area contributed by atoms with E-state index in [0.29, 0.717) is 17.6 Å². The maximum absolute atomic E-state index is 12.1. The monoisotopic (exact) mass is 415 g/mol. The summed E-state index contributed by atoms with van der Waals surface area (Å²) in [5.74, 6) is 0.687. The molecule has 1 aliphatic carbocycles. The Hall–Kier alpha value is 0.430. The van der Waals surface area contributed by atoms with Gasteiger partial charge in [-0.3, -0.25) is 4.99 Å². The van der Waals surface area contributed by atoms with Crippen molar-refractivity contribution in [3.05, 3.63) is 0 Å². The van der Waals surface area contributed by atoms with Gasteiger partial charge in [-0.25, -0.2) is 4.99 Å². The third-order valence-corrected chi connectivity index (χ3v) is 8.54. The normalized spacial score (nSPS) is 40.4. The van der Waals surface area contributed by atoms with Crippen LogP contribution < -0.4 is 0 Å². The highest BCUT2D eigenvalue weighted by Gasteiger charge is 2.56. The first kappa shape index (κ1) is 14.4. The van der Waals surface area contributed by atoms with Gasteiger partial charge in [0.1, 0.15) is 11.8 Å². The van der Waals surface area contributed by atoms with E-state index < -0.39 is 11.2 Å². The third-order valence-electron chi connectivity index (χ3n) is 3.93. The van der Waals surface area contributed by atoms with Gasteiger partial charge in [0.2, 0.25) is 2.75 Å². The maximum Gasteiger partial charge on any atom is 0.214 e. The fourth-order valence-corrected chi connectivity index (χ4v) is 5.58. The van der Waals surface area contributed by atoms with Gasteiger partial charge in [-0.05, 0) is 58.2 Å². The van der Waals surface area contributed by atoms with Crippen LogP contribution in [-0.4, -0.2) is 59.4 Å². The summed E-state index contributed by atoms with van der Waals surface area (Å²) in [4.78, 5) is 10.6. The van der Waals surface area contributed by atoms with Gasteiger partial charge in [0.15, 0.2) is 5.29 Å². The summed E-state index contributed by atoms with van der Waals surface area (Å²) in [6, 6.07) is 0.0406. The minimum atomic E-state index is -0.883. The molecular formula is C11H15ClIN3O2S. The molecule has 2 heterocycles. The Bertz CT molecular complexity index is 446. The van der Waals surface area contributed by atoms with E-state index in [0.717, 1.165) is 19.3 Å². The van der Waals surface area contributed by atoms with Gasteiger partial charge >= 0.3 is 0 Å². The van der Waals surface area contributed by atoms with Crippen LogP contribution in [-0.2, 0) is 11.2 Å². The predicted octanol–water partition coefficient (Wildman–Crippen LogP) is 1.10. The molecule has 3 aliphatic rings. The first-order valence-corrected chi connectivity index (χ1v) is 9.00. The van der Waals surface area contributed by atoms with Crippen molar-refractivity contribution in [2.24, 2.45) is 9.98 Å². The van der Waals surface area contributed by atoms with Crippen LogP contribution in [0.3, 0.4) is 0 Å². The van der Waals surface area contributed by atoms with E-state index >= 15 is 0 Å². The zero-order valence-electron chi connectivity index (χ0n) is 10.3. The van der Waals surface area contributed by atoms with Crippen molar-refractivity contribution in [3.8, 4) is 0 Å². The molecule has 0 aromatic heterocycles. The van der Waals surface area contributed by atoms with Gasteiger partial charge in [0.05, 0.1) is 25.0 Å². The molecule has 106 valence electrons. The number of hydrogen-bond acceptors (Lipinski definition) is 4. The molecule has 3 atom stereocenters. The summed E-state index contributed by atoms with van der Waals surface area (Å²) in [7, 11) is 0. The number of aliphatic hydroxyl groups excluding tert-OH is 1. The Morgan fingerprint density at radius 2 is 2.42 bits per heavy atom. The van der Waals surface area contributed by atoms with E-state index in [1.165, 1.54) is 0 Å².